The van der Waals surface area contributed by atoms with Gasteiger partial charge in [-0.25, -0.2) is 9.18 Å². The van der Waals surface area contributed by atoms with Gasteiger partial charge in [0.15, 0.2) is 0 Å². The Morgan fingerprint density at radius 1 is 0.966 bits per heavy atom. The van der Waals surface area contributed by atoms with E-state index in [0.717, 1.165) is 17.1 Å². The second kappa shape index (κ2) is 10.6. The summed E-state index contributed by atoms with van der Waals surface area (Å²) in [6, 6.07) is 16.6. The number of amides is 3. The molecule has 0 aliphatic carbocycles. The van der Waals surface area contributed by atoms with Crippen LogP contribution in [0.25, 0.3) is 0 Å². The first kappa shape index (κ1) is 20.9. The van der Waals surface area contributed by atoms with Crippen molar-refractivity contribution in [3.63, 3.8) is 0 Å². The highest BCUT2D eigenvalue weighted by Crippen LogP contribution is 2.19. The van der Waals surface area contributed by atoms with Gasteiger partial charge in [-0.15, -0.1) is 23.1 Å². The third-order valence-electron chi connectivity index (χ3n) is 3.81. The summed E-state index contributed by atoms with van der Waals surface area (Å²) < 4.78 is 12.9. The molecule has 3 aromatic rings. The molecular weight excluding hydrogens is 409 g/mol. The van der Waals surface area contributed by atoms with E-state index in [1.807, 2.05) is 11.4 Å². The van der Waals surface area contributed by atoms with Crippen molar-refractivity contribution in [2.45, 2.75) is 11.3 Å². The minimum Gasteiger partial charge on any atom is -0.338 e. The minimum absolute atomic E-state index is 0.180. The Morgan fingerprint density at radius 3 is 2.45 bits per heavy atom. The second-order valence-electron chi connectivity index (χ2n) is 6.05. The molecule has 1 heterocycles. The summed E-state index contributed by atoms with van der Waals surface area (Å²) in [6.07, 6.45) is 0.784. The fourth-order valence-corrected chi connectivity index (χ4v) is 3.92. The lowest BCUT2D eigenvalue weighted by atomic mass is 10.2. The van der Waals surface area contributed by atoms with Gasteiger partial charge in [-0.3, -0.25) is 4.79 Å². The number of benzene rings is 2. The number of carbonyl (C=O) groups is 2. The van der Waals surface area contributed by atoms with Crippen LogP contribution >= 0.6 is 23.1 Å². The molecule has 0 aliphatic rings. The molecule has 150 valence electrons. The van der Waals surface area contributed by atoms with Crippen LogP contribution in [0.2, 0.25) is 0 Å². The molecule has 0 radical (unpaired) electrons. The van der Waals surface area contributed by atoms with E-state index in [-0.39, 0.29) is 17.8 Å². The molecule has 3 amide bonds. The quantitative estimate of drug-likeness (QED) is 0.330. The van der Waals surface area contributed by atoms with E-state index >= 15 is 0 Å². The molecule has 0 atom stereocenters. The summed E-state index contributed by atoms with van der Waals surface area (Å²) in [6.45, 7) is 0.523. The van der Waals surface area contributed by atoms with E-state index in [1.54, 1.807) is 54.2 Å². The summed E-state index contributed by atoms with van der Waals surface area (Å²) >= 11 is 2.98. The molecule has 0 fully saturated rings. The predicted octanol–water partition coefficient (Wildman–Crippen LogP) is 5.44. The maximum atomic E-state index is 12.9. The van der Waals surface area contributed by atoms with Crippen molar-refractivity contribution in [3.05, 3.63) is 76.7 Å². The lowest BCUT2D eigenvalue weighted by molar-refractivity contribution is 0.103. The molecule has 0 saturated heterocycles. The Kier molecular flexibility index (Phi) is 7.66. The summed E-state index contributed by atoms with van der Waals surface area (Å²) in [4.78, 5) is 25.8. The van der Waals surface area contributed by atoms with Crippen LogP contribution in [0, 0.1) is 5.82 Å². The van der Waals surface area contributed by atoms with Crippen molar-refractivity contribution in [2.24, 2.45) is 0 Å². The SMILES string of the molecule is O=C(NCCCSc1ccc(F)cc1)Nc1cccc(NC(=O)c2cccs2)c1. The average molecular weight is 430 g/mol. The van der Waals surface area contributed by atoms with Crippen LogP contribution in [0.1, 0.15) is 16.1 Å². The van der Waals surface area contributed by atoms with Gasteiger partial charge in [0.2, 0.25) is 0 Å². The van der Waals surface area contributed by atoms with Crippen molar-refractivity contribution in [1.29, 1.82) is 0 Å². The van der Waals surface area contributed by atoms with Crippen LogP contribution in [0.5, 0.6) is 0 Å². The second-order valence-corrected chi connectivity index (χ2v) is 8.17. The Labute approximate surface area is 176 Å². The van der Waals surface area contributed by atoms with Crippen LogP contribution in [0.15, 0.2) is 70.9 Å². The van der Waals surface area contributed by atoms with E-state index in [1.165, 1.54) is 23.5 Å². The fourth-order valence-electron chi connectivity index (χ4n) is 2.45. The summed E-state index contributed by atoms with van der Waals surface area (Å²) in [5, 5.41) is 10.2. The first-order valence-corrected chi connectivity index (χ1v) is 10.8. The van der Waals surface area contributed by atoms with E-state index in [4.69, 9.17) is 0 Å². The van der Waals surface area contributed by atoms with Gasteiger partial charge in [-0.1, -0.05) is 12.1 Å². The monoisotopic (exact) mass is 429 g/mol. The smallest absolute Gasteiger partial charge is 0.319 e. The van der Waals surface area contributed by atoms with E-state index < -0.39 is 0 Å². The van der Waals surface area contributed by atoms with Gasteiger partial charge in [-0.05, 0) is 66.1 Å². The third-order valence-corrected chi connectivity index (χ3v) is 5.78. The molecule has 8 heteroatoms. The average Bonchev–Trinajstić information content (AvgIpc) is 3.24. The van der Waals surface area contributed by atoms with Crippen LogP contribution in [0.3, 0.4) is 0 Å². The van der Waals surface area contributed by atoms with Gasteiger partial charge in [0, 0.05) is 22.8 Å². The Hall–Kier alpha value is -2.84. The number of anilines is 2. The Balaban J connectivity index is 1.38. The molecule has 2 aromatic carbocycles. The zero-order valence-corrected chi connectivity index (χ0v) is 17.1. The van der Waals surface area contributed by atoms with E-state index in [2.05, 4.69) is 16.0 Å². The number of thioether (sulfide) groups is 1. The topological polar surface area (TPSA) is 70.2 Å². The Bertz CT molecular complexity index is 947. The number of urea groups is 1. The van der Waals surface area contributed by atoms with Crippen LogP contribution in [0.4, 0.5) is 20.6 Å². The van der Waals surface area contributed by atoms with Crippen molar-refractivity contribution < 1.29 is 14.0 Å². The fraction of sp³-hybridized carbons (Fsp3) is 0.143. The molecule has 3 rings (SSSR count). The van der Waals surface area contributed by atoms with Gasteiger partial charge >= 0.3 is 6.03 Å². The number of hydrogen-bond acceptors (Lipinski definition) is 4. The van der Waals surface area contributed by atoms with Crippen molar-refractivity contribution >= 4 is 46.4 Å². The van der Waals surface area contributed by atoms with Crippen molar-refractivity contribution in [1.82, 2.24) is 5.32 Å². The molecular formula is C21H20FN3O2S2. The third kappa shape index (κ3) is 6.92. The number of carbonyl (C=O) groups excluding carboxylic acids is 2. The maximum absolute atomic E-state index is 12.9. The molecule has 1 aromatic heterocycles. The number of thiophene rings is 1. The number of halogens is 1. The highest BCUT2D eigenvalue weighted by atomic mass is 32.2. The predicted molar refractivity (Wildman–Crippen MR) is 117 cm³/mol. The molecule has 0 aliphatic heterocycles. The first-order chi connectivity index (χ1) is 14.1. The molecule has 0 saturated carbocycles. The van der Waals surface area contributed by atoms with Gasteiger partial charge in [0.1, 0.15) is 5.82 Å². The minimum atomic E-state index is -0.307. The van der Waals surface area contributed by atoms with Crippen LogP contribution < -0.4 is 16.0 Å². The number of nitrogens with one attached hydrogen (secondary N) is 3. The van der Waals surface area contributed by atoms with Gasteiger partial charge in [0.25, 0.3) is 5.91 Å². The lowest BCUT2D eigenvalue weighted by Gasteiger charge is -2.10. The standard InChI is InChI=1S/C21H20FN3O2S2/c22-15-7-9-18(10-8-15)28-13-3-11-23-21(27)25-17-5-1-4-16(14-17)24-20(26)19-6-2-12-29-19/h1-2,4-10,12,14H,3,11,13H2,(H,24,26)(H2,23,25,27). The zero-order valence-electron chi connectivity index (χ0n) is 15.5. The van der Waals surface area contributed by atoms with E-state index in [9.17, 15) is 14.0 Å². The van der Waals surface area contributed by atoms with Crippen molar-refractivity contribution in [3.8, 4) is 0 Å². The molecule has 29 heavy (non-hydrogen) atoms. The van der Waals surface area contributed by atoms with Crippen molar-refractivity contribution in [2.75, 3.05) is 22.9 Å². The van der Waals surface area contributed by atoms with Crippen LogP contribution in [-0.4, -0.2) is 24.2 Å². The van der Waals surface area contributed by atoms with Gasteiger partial charge in [-0.2, -0.15) is 0 Å². The first-order valence-electron chi connectivity index (χ1n) is 8.98. The Morgan fingerprint density at radius 2 is 1.72 bits per heavy atom. The molecule has 3 N–H and O–H groups in total. The highest BCUT2D eigenvalue weighted by Gasteiger charge is 2.08. The highest BCUT2D eigenvalue weighted by molar-refractivity contribution is 7.99. The lowest BCUT2D eigenvalue weighted by Crippen LogP contribution is -2.29. The number of rotatable bonds is 8. The van der Waals surface area contributed by atoms with Gasteiger partial charge < -0.3 is 16.0 Å². The molecule has 5 nitrogen and oxygen atoms in total. The summed E-state index contributed by atoms with van der Waals surface area (Å²) in [5.74, 6) is 0.388. The van der Waals surface area contributed by atoms with E-state index in [0.29, 0.717) is 22.8 Å². The molecule has 0 bridgehead atoms. The maximum Gasteiger partial charge on any atom is 0.319 e. The van der Waals surface area contributed by atoms with Crippen LogP contribution in [-0.2, 0) is 0 Å². The number of hydrogen-bond donors (Lipinski definition) is 3. The molecule has 0 unspecified atom stereocenters. The zero-order chi connectivity index (χ0) is 20.5. The normalized spacial score (nSPS) is 10.4. The summed E-state index contributed by atoms with van der Waals surface area (Å²) in [7, 11) is 0. The largest absolute Gasteiger partial charge is 0.338 e. The molecule has 0 spiro atoms. The van der Waals surface area contributed by atoms with Gasteiger partial charge in [0.05, 0.1) is 4.88 Å². The summed E-state index contributed by atoms with van der Waals surface area (Å²) in [5.41, 5.74) is 1.20.